The molecule has 2 amide bonds. The third-order valence-electron chi connectivity index (χ3n) is 8.39. The number of alkyl halides is 1. The number of hydrogen-bond acceptors (Lipinski definition) is 8. The first-order valence-corrected chi connectivity index (χ1v) is 16.7. The first kappa shape index (κ1) is 31.9. The van der Waals surface area contributed by atoms with E-state index in [1.807, 2.05) is 17.0 Å². The number of Topliss-reactive ketones (excluding diaryl/α,β-unsaturated/α-hetero) is 1. The number of ketones is 1. The molecule has 2 fully saturated rings. The van der Waals surface area contributed by atoms with E-state index < -0.39 is 28.0 Å². The van der Waals surface area contributed by atoms with Crippen LogP contribution in [0.25, 0.3) is 0 Å². The number of carbonyl (C=O) groups is 3. The summed E-state index contributed by atoms with van der Waals surface area (Å²) >= 11 is 0. The van der Waals surface area contributed by atoms with Gasteiger partial charge in [0.25, 0.3) is 11.8 Å². The van der Waals surface area contributed by atoms with Crippen molar-refractivity contribution in [3.8, 4) is 6.07 Å². The smallest absolute Gasteiger partial charge is 0.270 e. The van der Waals surface area contributed by atoms with E-state index in [0.29, 0.717) is 62.1 Å². The number of piperidine rings is 2. The van der Waals surface area contributed by atoms with Gasteiger partial charge in [-0.25, -0.2) is 12.8 Å². The summed E-state index contributed by atoms with van der Waals surface area (Å²) in [5.74, 6) is -1.11. The standard InChI is InChI=1S/C33H34FN5O5S/c1-45(43,44)27-9-6-24(7-10-27)31(40)25-12-16-39(17-13-25)33(42)26-8-11-30(36-19-26)32(41)37-29-14-15-38(21-28(29)34)20-23-4-2-22(18-35)3-5-23/h2-11,19,25,28-29H,12-17,20-21H2,1H3,(H,37,41)/t28-,29-/m0/s1. The minimum Gasteiger partial charge on any atom is -0.345 e. The van der Waals surface area contributed by atoms with Gasteiger partial charge in [-0.05, 0) is 61.2 Å². The molecule has 2 atom stereocenters. The minimum atomic E-state index is -3.35. The van der Waals surface area contributed by atoms with Crippen molar-refractivity contribution < 1.29 is 27.2 Å². The van der Waals surface area contributed by atoms with Crippen LogP contribution in [0.3, 0.4) is 0 Å². The molecule has 2 saturated heterocycles. The number of aromatic nitrogens is 1. The molecule has 1 N–H and O–H groups in total. The zero-order valence-electron chi connectivity index (χ0n) is 24.9. The van der Waals surface area contributed by atoms with Crippen LogP contribution in [-0.4, -0.2) is 85.4 Å². The predicted molar refractivity (Wildman–Crippen MR) is 164 cm³/mol. The predicted octanol–water partition coefficient (Wildman–Crippen LogP) is 3.43. The molecule has 2 aromatic carbocycles. The molecule has 0 spiro atoms. The van der Waals surface area contributed by atoms with Crippen molar-refractivity contribution in [3.63, 3.8) is 0 Å². The second-order valence-electron chi connectivity index (χ2n) is 11.6. The van der Waals surface area contributed by atoms with Crippen molar-refractivity contribution in [3.05, 3.63) is 94.8 Å². The zero-order chi connectivity index (χ0) is 32.1. The molecular formula is C33H34FN5O5S. The lowest BCUT2D eigenvalue weighted by atomic mass is 9.88. The second kappa shape index (κ2) is 13.7. The number of carbonyl (C=O) groups excluding carboxylic acids is 3. The summed E-state index contributed by atoms with van der Waals surface area (Å²) in [6.07, 6.45) is 2.58. The first-order chi connectivity index (χ1) is 21.5. The number of benzene rings is 2. The third-order valence-corrected chi connectivity index (χ3v) is 9.52. The van der Waals surface area contributed by atoms with Crippen molar-refractivity contribution in [2.75, 3.05) is 32.4 Å². The highest BCUT2D eigenvalue weighted by Crippen LogP contribution is 2.24. The quantitative estimate of drug-likeness (QED) is 0.373. The summed E-state index contributed by atoms with van der Waals surface area (Å²) in [5, 5.41) is 11.7. The van der Waals surface area contributed by atoms with E-state index >= 15 is 0 Å². The highest BCUT2D eigenvalue weighted by Gasteiger charge is 2.32. The fourth-order valence-corrected chi connectivity index (χ4v) is 6.37. The van der Waals surface area contributed by atoms with Crippen LogP contribution in [0.5, 0.6) is 0 Å². The lowest BCUT2D eigenvalue weighted by Crippen LogP contribution is -2.52. The van der Waals surface area contributed by atoms with E-state index in [9.17, 15) is 27.2 Å². The van der Waals surface area contributed by atoms with Crippen LogP contribution < -0.4 is 5.32 Å². The summed E-state index contributed by atoms with van der Waals surface area (Å²) in [7, 11) is -3.35. The molecule has 1 aromatic heterocycles. The lowest BCUT2D eigenvalue weighted by Gasteiger charge is -2.35. The Kier molecular flexibility index (Phi) is 9.70. The Bertz CT molecular complexity index is 1700. The van der Waals surface area contributed by atoms with Crippen LogP contribution in [0, 0.1) is 17.2 Å². The van der Waals surface area contributed by atoms with E-state index in [1.54, 1.807) is 17.0 Å². The summed E-state index contributed by atoms with van der Waals surface area (Å²) < 4.78 is 38.4. The number of sulfone groups is 1. The van der Waals surface area contributed by atoms with Gasteiger partial charge in [0.1, 0.15) is 11.9 Å². The molecule has 3 heterocycles. The summed E-state index contributed by atoms with van der Waals surface area (Å²) in [4.78, 5) is 46.8. The second-order valence-corrected chi connectivity index (χ2v) is 13.6. The van der Waals surface area contributed by atoms with Crippen molar-refractivity contribution in [2.45, 2.75) is 42.9 Å². The average Bonchev–Trinajstić information content (AvgIpc) is 3.05. The fraction of sp³-hybridized carbons (Fsp3) is 0.364. The Morgan fingerprint density at radius 1 is 0.956 bits per heavy atom. The number of rotatable bonds is 8. The van der Waals surface area contributed by atoms with Gasteiger partial charge in [-0.1, -0.05) is 24.3 Å². The third kappa shape index (κ3) is 7.79. The van der Waals surface area contributed by atoms with Crippen LogP contribution in [0.4, 0.5) is 4.39 Å². The van der Waals surface area contributed by atoms with Crippen LogP contribution in [-0.2, 0) is 16.4 Å². The number of nitrogens with zero attached hydrogens (tertiary/aromatic N) is 4. The molecule has 2 aliphatic heterocycles. The molecule has 5 rings (SSSR count). The molecule has 12 heteroatoms. The van der Waals surface area contributed by atoms with Gasteiger partial charge in [0.2, 0.25) is 0 Å². The van der Waals surface area contributed by atoms with Crippen molar-refractivity contribution >= 4 is 27.4 Å². The van der Waals surface area contributed by atoms with Gasteiger partial charge in [-0.2, -0.15) is 5.26 Å². The van der Waals surface area contributed by atoms with E-state index in [0.717, 1.165) is 11.8 Å². The van der Waals surface area contributed by atoms with Crippen molar-refractivity contribution in [1.82, 2.24) is 20.1 Å². The topological polar surface area (TPSA) is 141 Å². The molecule has 45 heavy (non-hydrogen) atoms. The summed E-state index contributed by atoms with van der Waals surface area (Å²) in [5.41, 5.74) is 2.40. The van der Waals surface area contributed by atoms with E-state index in [1.165, 1.54) is 42.6 Å². The largest absolute Gasteiger partial charge is 0.345 e. The van der Waals surface area contributed by atoms with Gasteiger partial charge in [-0.3, -0.25) is 24.3 Å². The number of hydrogen-bond donors (Lipinski definition) is 1. The van der Waals surface area contributed by atoms with Gasteiger partial charge in [0, 0.05) is 56.7 Å². The maximum absolute atomic E-state index is 15.0. The monoisotopic (exact) mass is 631 g/mol. The van der Waals surface area contributed by atoms with E-state index in [4.69, 9.17) is 5.26 Å². The number of nitriles is 1. The molecule has 234 valence electrons. The van der Waals surface area contributed by atoms with Gasteiger partial charge in [-0.15, -0.1) is 0 Å². The summed E-state index contributed by atoms with van der Waals surface area (Å²) in [6, 6.07) is 17.5. The Morgan fingerprint density at radius 2 is 1.62 bits per heavy atom. The Morgan fingerprint density at radius 3 is 2.20 bits per heavy atom. The maximum Gasteiger partial charge on any atom is 0.270 e. The molecular weight excluding hydrogens is 597 g/mol. The zero-order valence-corrected chi connectivity index (χ0v) is 25.7. The molecule has 2 aliphatic rings. The van der Waals surface area contributed by atoms with Crippen molar-refractivity contribution in [2.24, 2.45) is 5.92 Å². The maximum atomic E-state index is 15.0. The number of likely N-dealkylation sites (tertiary alicyclic amines) is 2. The lowest BCUT2D eigenvalue weighted by molar-refractivity contribution is 0.0649. The van der Waals surface area contributed by atoms with E-state index in [-0.39, 0.29) is 34.7 Å². The Labute approximate surface area is 261 Å². The van der Waals surface area contributed by atoms with Gasteiger partial charge < -0.3 is 10.2 Å². The highest BCUT2D eigenvalue weighted by molar-refractivity contribution is 7.90. The molecule has 0 saturated carbocycles. The summed E-state index contributed by atoms with van der Waals surface area (Å²) in [6.45, 7) is 2.08. The van der Waals surface area contributed by atoms with Gasteiger partial charge in [0.05, 0.1) is 28.1 Å². The number of amides is 2. The van der Waals surface area contributed by atoms with Crippen molar-refractivity contribution in [1.29, 1.82) is 5.26 Å². The number of nitrogens with one attached hydrogen (secondary N) is 1. The van der Waals surface area contributed by atoms with Crippen LogP contribution in [0.1, 0.15) is 61.6 Å². The van der Waals surface area contributed by atoms with Gasteiger partial charge >= 0.3 is 0 Å². The molecule has 0 bridgehead atoms. The number of pyridine rings is 1. The average molecular weight is 632 g/mol. The number of halogens is 1. The Hall–Kier alpha value is -4.47. The SMILES string of the molecule is CS(=O)(=O)c1ccc(C(=O)C2CCN(C(=O)c3ccc(C(=O)N[C@H]4CCN(Cc5ccc(C#N)cc5)C[C@@H]4F)nc3)CC2)cc1. The Balaban J connectivity index is 1.09. The fourth-order valence-electron chi connectivity index (χ4n) is 5.74. The minimum absolute atomic E-state index is 0.0771. The molecule has 0 unspecified atom stereocenters. The molecule has 0 radical (unpaired) electrons. The van der Waals surface area contributed by atoms with Crippen LogP contribution in [0.2, 0.25) is 0 Å². The van der Waals surface area contributed by atoms with Crippen LogP contribution >= 0.6 is 0 Å². The first-order valence-electron chi connectivity index (χ1n) is 14.8. The van der Waals surface area contributed by atoms with Crippen LogP contribution in [0.15, 0.2) is 71.8 Å². The molecule has 0 aliphatic carbocycles. The van der Waals surface area contributed by atoms with Gasteiger partial charge in [0.15, 0.2) is 15.6 Å². The van der Waals surface area contributed by atoms with E-state index in [2.05, 4.69) is 16.4 Å². The molecule has 10 nitrogen and oxygen atoms in total. The highest BCUT2D eigenvalue weighted by atomic mass is 32.2. The molecule has 3 aromatic rings. The normalized spacial score (nSPS) is 19.4.